The Labute approximate surface area is 129 Å². The van der Waals surface area contributed by atoms with Crippen LogP contribution in [0.5, 0.6) is 0 Å². The standard InChI is InChI=1S/C15H11F2N5O/c16-12-3-1-2-11(13(12)17)8-22-20-15(19-21-22)10-6-4-9(5-7-10)14(18)23/h1-7H,8H2,(H2,18,23). The second kappa shape index (κ2) is 5.91. The van der Waals surface area contributed by atoms with Crippen LogP contribution in [0, 0.1) is 11.6 Å². The van der Waals surface area contributed by atoms with Gasteiger partial charge in [0.1, 0.15) is 0 Å². The van der Waals surface area contributed by atoms with Gasteiger partial charge >= 0.3 is 0 Å². The number of rotatable bonds is 4. The number of nitrogens with two attached hydrogens (primary N) is 1. The number of carbonyl (C=O) groups excluding carboxylic acids is 1. The molecule has 23 heavy (non-hydrogen) atoms. The van der Waals surface area contributed by atoms with Crippen molar-refractivity contribution in [2.75, 3.05) is 0 Å². The van der Waals surface area contributed by atoms with Gasteiger partial charge in [-0.2, -0.15) is 4.80 Å². The minimum atomic E-state index is -0.933. The van der Waals surface area contributed by atoms with Crippen LogP contribution in [0.15, 0.2) is 42.5 Å². The number of tetrazole rings is 1. The van der Waals surface area contributed by atoms with E-state index in [0.29, 0.717) is 17.0 Å². The van der Waals surface area contributed by atoms with Crippen LogP contribution < -0.4 is 5.73 Å². The second-order valence-electron chi connectivity index (χ2n) is 4.80. The first kappa shape index (κ1) is 14.8. The second-order valence-corrected chi connectivity index (χ2v) is 4.80. The zero-order valence-corrected chi connectivity index (χ0v) is 11.8. The number of hydrogen-bond donors (Lipinski definition) is 1. The number of halogens is 2. The zero-order valence-electron chi connectivity index (χ0n) is 11.8. The van der Waals surface area contributed by atoms with E-state index in [9.17, 15) is 13.6 Å². The fourth-order valence-electron chi connectivity index (χ4n) is 2.03. The van der Waals surface area contributed by atoms with Crippen LogP contribution in [0.25, 0.3) is 11.4 Å². The smallest absolute Gasteiger partial charge is 0.248 e. The van der Waals surface area contributed by atoms with E-state index in [1.165, 1.54) is 12.1 Å². The van der Waals surface area contributed by atoms with E-state index in [1.807, 2.05) is 0 Å². The third kappa shape index (κ3) is 3.05. The van der Waals surface area contributed by atoms with Crippen LogP contribution in [-0.2, 0) is 6.54 Å². The lowest BCUT2D eigenvalue weighted by Crippen LogP contribution is -2.10. The molecule has 0 spiro atoms. The highest BCUT2D eigenvalue weighted by atomic mass is 19.2. The van der Waals surface area contributed by atoms with Crippen molar-refractivity contribution in [3.63, 3.8) is 0 Å². The van der Waals surface area contributed by atoms with E-state index < -0.39 is 17.5 Å². The lowest BCUT2D eigenvalue weighted by Gasteiger charge is -2.02. The van der Waals surface area contributed by atoms with E-state index in [-0.39, 0.29) is 12.1 Å². The molecule has 0 saturated carbocycles. The van der Waals surface area contributed by atoms with Crippen LogP contribution in [0.1, 0.15) is 15.9 Å². The van der Waals surface area contributed by atoms with Gasteiger partial charge in [0.05, 0.1) is 6.54 Å². The van der Waals surface area contributed by atoms with Crippen molar-refractivity contribution in [2.24, 2.45) is 5.73 Å². The van der Waals surface area contributed by atoms with Gasteiger partial charge in [-0.15, -0.1) is 10.2 Å². The molecule has 1 aromatic heterocycles. The zero-order chi connectivity index (χ0) is 16.4. The molecule has 1 amide bonds. The van der Waals surface area contributed by atoms with Gasteiger partial charge in [0.25, 0.3) is 0 Å². The largest absolute Gasteiger partial charge is 0.366 e. The monoisotopic (exact) mass is 315 g/mol. The van der Waals surface area contributed by atoms with Gasteiger partial charge in [0.2, 0.25) is 11.7 Å². The van der Waals surface area contributed by atoms with Crippen molar-refractivity contribution in [2.45, 2.75) is 6.54 Å². The maximum Gasteiger partial charge on any atom is 0.248 e. The molecule has 6 nitrogen and oxygen atoms in total. The van der Waals surface area contributed by atoms with Gasteiger partial charge in [0.15, 0.2) is 11.6 Å². The highest BCUT2D eigenvalue weighted by Gasteiger charge is 2.11. The van der Waals surface area contributed by atoms with Crippen LogP contribution in [0.2, 0.25) is 0 Å². The molecule has 3 rings (SSSR count). The van der Waals surface area contributed by atoms with E-state index >= 15 is 0 Å². The molecule has 0 atom stereocenters. The maximum absolute atomic E-state index is 13.6. The molecular weight excluding hydrogens is 304 g/mol. The number of amides is 1. The van der Waals surface area contributed by atoms with E-state index in [0.717, 1.165) is 10.9 Å². The summed E-state index contributed by atoms with van der Waals surface area (Å²) < 4.78 is 26.8. The normalized spacial score (nSPS) is 10.7. The lowest BCUT2D eigenvalue weighted by atomic mass is 10.1. The molecule has 2 N–H and O–H groups in total. The average molecular weight is 315 g/mol. The SMILES string of the molecule is NC(=O)c1ccc(-c2nnn(Cc3cccc(F)c3F)n2)cc1. The highest BCUT2D eigenvalue weighted by Crippen LogP contribution is 2.16. The van der Waals surface area contributed by atoms with Crippen molar-refractivity contribution in [1.82, 2.24) is 20.2 Å². The molecule has 2 aromatic carbocycles. The van der Waals surface area contributed by atoms with Crippen LogP contribution in [0.3, 0.4) is 0 Å². The van der Waals surface area contributed by atoms with Crippen LogP contribution >= 0.6 is 0 Å². The summed E-state index contributed by atoms with van der Waals surface area (Å²) in [6.45, 7) is -0.0457. The first-order valence-electron chi connectivity index (χ1n) is 6.65. The van der Waals surface area contributed by atoms with Crippen molar-refractivity contribution in [3.05, 3.63) is 65.2 Å². The number of hydrogen-bond acceptors (Lipinski definition) is 4. The molecule has 8 heteroatoms. The van der Waals surface area contributed by atoms with Gasteiger partial charge in [0, 0.05) is 16.7 Å². The maximum atomic E-state index is 13.6. The molecule has 0 saturated heterocycles. The van der Waals surface area contributed by atoms with E-state index in [2.05, 4.69) is 15.4 Å². The Kier molecular flexibility index (Phi) is 3.80. The molecule has 0 aliphatic carbocycles. The first-order chi connectivity index (χ1) is 11.0. The molecule has 116 valence electrons. The molecule has 0 radical (unpaired) electrons. The summed E-state index contributed by atoms with van der Waals surface area (Å²) in [5.74, 6) is -2.09. The fraction of sp³-hybridized carbons (Fsp3) is 0.0667. The molecule has 1 heterocycles. The van der Waals surface area contributed by atoms with Crippen LogP contribution in [-0.4, -0.2) is 26.1 Å². The Morgan fingerprint density at radius 2 is 1.87 bits per heavy atom. The average Bonchev–Trinajstić information content (AvgIpc) is 3.00. The number of carbonyl (C=O) groups is 1. The minimum Gasteiger partial charge on any atom is -0.366 e. The molecule has 0 aliphatic rings. The Balaban J connectivity index is 1.83. The number of primary amides is 1. The summed E-state index contributed by atoms with van der Waals surface area (Å²) in [5.41, 5.74) is 6.28. The van der Waals surface area contributed by atoms with Gasteiger partial charge in [-0.05, 0) is 23.4 Å². The number of aromatic nitrogens is 4. The third-order valence-electron chi connectivity index (χ3n) is 3.22. The van der Waals surface area contributed by atoms with Gasteiger partial charge in [-0.25, -0.2) is 8.78 Å². The van der Waals surface area contributed by atoms with Crippen molar-refractivity contribution in [3.8, 4) is 11.4 Å². The van der Waals surface area contributed by atoms with Crippen molar-refractivity contribution < 1.29 is 13.6 Å². The lowest BCUT2D eigenvalue weighted by molar-refractivity contribution is 0.100. The van der Waals surface area contributed by atoms with Gasteiger partial charge in [-0.3, -0.25) is 4.79 Å². The summed E-state index contributed by atoms with van der Waals surface area (Å²) in [5, 5.41) is 11.8. The predicted octanol–water partition coefficient (Wildman–Crippen LogP) is 1.77. The Hall–Kier alpha value is -3.16. The Morgan fingerprint density at radius 3 is 2.57 bits per heavy atom. The van der Waals surface area contributed by atoms with Gasteiger partial charge in [-0.1, -0.05) is 24.3 Å². The molecule has 0 aliphatic heterocycles. The van der Waals surface area contributed by atoms with Crippen LogP contribution in [0.4, 0.5) is 8.78 Å². The van der Waals surface area contributed by atoms with E-state index in [4.69, 9.17) is 5.73 Å². The predicted molar refractivity (Wildman–Crippen MR) is 77.2 cm³/mol. The van der Waals surface area contributed by atoms with Crippen molar-refractivity contribution >= 4 is 5.91 Å². The topological polar surface area (TPSA) is 86.7 Å². The first-order valence-corrected chi connectivity index (χ1v) is 6.65. The number of benzene rings is 2. The molecule has 0 fully saturated rings. The molecule has 0 unspecified atom stereocenters. The van der Waals surface area contributed by atoms with Crippen molar-refractivity contribution in [1.29, 1.82) is 0 Å². The molecular formula is C15H11F2N5O. The number of nitrogens with zero attached hydrogens (tertiary/aromatic N) is 4. The summed E-state index contributed by atoms with van der Waals surface area (Å²) in [6.07, 6.45) is 0. The summed E-state index contributed by atoms with van der Waals surface area (Å²) in [4.78, 5) is 12.2. The molecule has 0 bridgehead atoms. The highest BCUT2D eigenvalue weighted by molar-refractivity contribution is 5.93. The summed E-state index contributed by atoms with van der Waals surface area (Å²) in [7, 11) is 0. The third-order valence-corrected chi connectivity index (χ3v) is 3.22. The quantitative estimate of drug-likeness (QED) is 0.795. The summed E-state index contributed by atoms with van der Waals surface area (Å²) in [6, 6.07) is 10.3. The van der Waals surface area contributed by atoms with Gasteiger partial charge < -0.3 is 5.73 Å². The minimum absolute atomic E-state index is 0.0457. The molecule has 3 aromatic rings. The summed E-state index contributed by atoms with van der Waals surface area (Å²) >= 11 is 0. The Bertz CT molecular complexity index is 861. The Morgan fingerprint density at radius 1 is 1.13 bits per heavy atom. The van der Waals surface area contributed by atoms with E-state index in [1.54, 1.807) is 24.3 Å². The fourth-order valence-corrected chi connectivity index (χ4v) is 2.03.